The van der Waals surface area contributed by atoms with Crippen LogP contribution in [0.25, 0.3) is 0 Å². The molecular weight excluding hydrogens is 182 g/mol. The van der Waals surface area contributed by atoms with Crippen molar-refractivity contribution >= 4 is 0 Å². The SMILES string of the molecule is C[C@H]1CC[C@H](NC2CCCCCC2)CC1. The standard InChI is InChI=1S/C14H27N/c1-12-8-10-14(11-9-12)15-13-6-4-2-3-5-7-13/h12-15H,2-11H2,1H3/t12-,14-. The van der Waals surface area contributed by atoms with Gasteiger partial charge in [-0.1, -0.05) is 32.6 Å². The number of hydrogen-bond acceptors (Lipinski definition) is 1. The molecule has 0 atom stereocenters. The number of hydrogen-bond donors (Lipinski definition) is 1. The summed E-state index contributed by atoms with van der Waals surface area (Å²) < 4.78 is 0. The summed E-state index contributed by atoms with van der Waals surface area (Å²) >= 11 is 0. The normalized spacial score (nSPS) is 35.0. The van der Waals surface area contributed by atoms with E-state index in [-0.39, 0.29) is 0 Å². The van der Waals surface area contributed by atoms with Gasteiger partial charge in [0.25, 0.3) is 0 Å². The van der Waals surface area contributed by atoms with Gasteiger partial charge in [0, 0.05) is 12.1 Å². The van der Waals surface area contributed by atoms with Gasteiger partial charge in [0.15, 0.2) is 0 Å². The van der Waals surface area contributed by atoms with Crippen LogP contribution < -0.4 is 5.32 Å². The van der Waals surface area contributed by atoms with E-state index in [4.69, 9.17) is 0 Å². The van der Waals surface area contributed by atoms with Crippen LogP contribution in [0.5, 0.6) is 0 Å². The minimum atomic E-state index is 0.851. The zero-order valence-corrected chi connectivity index (χ0v) is 10.3. The van der Waals surface area contributed by atoms with Crippen LogP contribution in [0.3, 0.4) is 0 Å². The van der Waals surface area contributed by atoms with Gasteiger partial charge >= 0.3 is 0 Å². The quantitative estimate of drug-likeness (QED) is 0.681. The predicted molar refractivity (Wildman–Crippen MR) is 66.0 cm³/mol. The summed E-state index contributed by atoms with van der Waals surface area (Å²) in [4.78, 5) is 0. The van der Waals surface area contributed by atoms with E-state index in [9.17, 15) is 0 Å². The molecule has 0 aromatic rings. The third-order valence-electron chi connectivity index (χ3n) is 4.34. The van der Waals surface area contributed by atoms with Crippen LogP contribution in [0.4, 0.5) is 0 Å². The Balaban J connectivity index is 1.70. The topological polar surface area (TPSA) is 12.0 Å². The molecule has 0 spiro atoms. The molecule has 0 aromatic carbocycles. The average Bonchev–Trinajstić information content (AvgIpc) is 2.50. The van der Waals surface area contributed by atoms with Crippen molar-refractivity contribution in [3.8, 4) is 0 Å². The molecule has 0 aliphatic heterocycles. The monoisotopic (exact) mass is 209 g/mol. The molecule has 0 aromatic heterocycles. The molecular formula is C14H27N. The molecule has 15 heavy (non-hydrogen) atoms. The van der Waals surface area contributed by atoms with E-state index in [2.05, 4.69) is 12.2 Å². The Morgan fingerprint density at radius 3 is 1.80 bits per heavy atom. The lowest BCUT2D eigenvalue weighted by Crippen LogP contribution is -2.40. The first kappa shape index (κ1) is 11.4. The van der Waals surface area contributed by atoms with Gasteiger partial charge in [-0.2, -0.15) is 0 Å². The largest absolute Gasteiger partial charge is 0.311 e. The van der Waals surface area contributed by atoms with Gasteiger partial charge in [0.05, 0.1) is 0 Å². The van der Waals surface area contributed by atoms with Gasteiger partial charge in [-0.15, -0.1) is 0 Å². The minimum absolute atomic E-state index is 0.851. The highest BCUT2D eigenvalue weighted by Crippen LogP contribution is 2.25. The van der Waals surface area contributed by atoms with Crippen molar-refractivity contribution in [3.05, 3.63) is 0 Å². The number of rotatable bonds is 2. The molecule has 2 saturated carbocycles. The zero-order chi connectivity index (χ0) is 10.5. The van der Waals surface area contributed by atoms with Crippen LogP contribution in [0.1, 0.15) is 71.1 Å². The molecule has 1 nitrogen and oxygen atoms in total. The van der Waals surface area contributed by atoms with E-state index in [1.165, 1.54) is 64.2 Å². The Morgan fingerprint density at radius 2 is 1.20 bits per heavy atom. The van der Waals surface area contributed by atoms with Crippen molar-refractivity contribution in [2.24, 2.45) is 5.92 Å². The molecule has 0 amide bonds. The predicted octanol–water partition coefficient (Wildman–Crippen LogP) is 3.88. The van der Waals surface area contributed by atoms with Gasteiger partial charge < -0.3 is 5.32 Å². The van der Waals surface area contributed by atoms with E-state index in [0.717, 1.165) is 18.0 Å². The fourth-order valence-corrected chi connectivity index (χ4v) is 3.21. The van der Waals surface area contributed by atoms with Gasteiger partial charge in [-0.3, -0.25) is 0 Å². The maximum atomic E-state index is 3.92. The second kappa shape index (κ2) is 5.89. The summed E-state index contributed by atoms with van der Waals surface area (Å²) in [6, 6.07) is 1.70. The fourth-order valence-electron chi connectivity index (χ4n) is 3.21. The van der Waals surface area contributed by atoms with Crippen LogP contribution >= 0.6 is 0 Å². The molecule has 2 aliphatic carbocycles. The van der Waals surface area contributed by atoms with Gasteiger partial charge in [-0.25, -0.2) is 0 Å². The minimum Gasteiger partial charge on any atom is -0.311 e. The van der Waals surface area contributed by atoms with Crippen LogP contribution in [-0.2, 0) is 0 Å². The third kappa shape index (κ3) is 3.79. The summed E-state index contributed by atoms with van der Waals surface area (Å²) in [5.74, 6) is 0.984. The van der Waals surface area contributed by atoms with Crippen LogP contribution in [0.2, 0.25) is 0 Å². The molecule has 0 heterocycles. The molecule has 1 N–H and O–H groups in total. The van der Waals surface area contributed by atoms with E-state index in [1.54, 1.807) is 0 Å². The molecule has 2 aliphatic rings. The van der Waals surface area contributed by atoms with Crippen LogP contribution in [0, 0.1) is 5.92 Å². The molecule has 0 bridgehead atoms. The Bertz CT molecular complexity index is 162. The first-order valence-electron chi connectivity index (χ1n) is 7.10. The van der Waals surface area contributed by atoms with Crippen LogP contribution in [-0.4, -0.2) is 12.1 Å². The van der Waals surface area contributed by atoms with Crippen molar-refractivity contribution < 1.29 is 0 Å². The zero-order valence-electron chi connectivity index (χ0n) is 10.3. The van der Waals surface area contributed by atoms with Gasteiger partial charge in [0.1, 0.15) is 0 Å². The smallest absolute Gasteiger partial charge is 0.00698 e. The molecule has 0 saturated heterocycles. The lowest BCUT2D eigenvalue weighted by atomic mass is 9.87. The lowest BCUT2D eigenvalue weighted by Gasteiger charge is -2.30. The summed E-state index contributed by atoms with van der Waals surface area (Å²) in [5, 5.41) is 3.92. The first-order chi connectivity index (χ1) is 7.34. The highest BCUT2D eigenvalue weighted by atomic mass is 14.9. The fraction of sp³-hybridized carbons (Fsp3) is 1.00. The summed E-state index contributed by atoms with van der Waals surface area (Å²) in [5.41, 5.74) is 0. The lowest BCUT2D eigenvalue weighted by molar-refractivity contribution is 0.277. The van der Waals surface area contributed by atoms with Crippen LogP contribution in [0.15, 0.2) is 0 Å². The highest BCUT2D eigenvalue weighted by molar-refractivity contribution is 4.80. The molecule has 2 rings (SSSR count). The van der Waals surface area contributed by atoms with E-state index < -0.39 is 0 Å². The average molecular weight is 209 g/mol. The maximum Gasteiger partial charge on any atom is 0.00698 e. The molecule has 88 valence electrons. The van der Waals surface area contributed by atoms with E-state index in [1.807, 2.05) is 0 Å². The van der Waals surface area contributed by atoms with Crippen molar-refractivity contribution in [2.75, 3.05) is 0 Å². The Hall–Kier alpha value is -0.0400. The molecule has 0 radical (unpaired) electrons. The Labute approximate surface area is 95.0 Å². The van der Waals surface area contributed by atoms with Crippen molar-refractivity contribution in [2.45, 2.75) is 83.2 Å². The van der Waals surface area contributed by atoms with E-state index in [0.29, 0.717) is 0 Å². The Kier molecular flexibility index (Phi) is 4.49. The van der Waals surface area contributed by atoms with Crippen molar-refractivity contribution in [3.63, 3.8) is 0 Å². The molecule has 1 heteroatoms. The first-order valence-corrected chi connectivity index (χ1v) is 7.10. The van der Waals surface area contributed by atoms with Gasteiger partial charge in [-0.05, 0) is 44.4 Å². The summed E-state index contributed by atoms with van der Waals surface area (Å²) in [7, 11) is 0. The molecule has 2 fully saturated rings. The van der Waals surface area contributed by atoms with Crippen molar-refractivity contribution in [1.82, 2.24) is 5.32 Å². The van der Waals surface area contributed by atoms with E-state index >= 15 is 0 Å². The Morgan fingerprint density at radius 1 is 0.667 bits per heavy atom. The maximum absolute atomic E-state index is 3.92. The number of nitrogens with one attached hydrogen (secondary N) is 1. The highest BCUT2D eigenvalue weighted by Gasteiger charge is 2.21. The second-order valence-electron chi connectivity index (χ2n) is 5.81. The summed E-state index contributed by atoms with van der Waals surface area (Å²) in [6.45, 7) is 2.40. The third-order valence-corrected chi connectivity index (χ3v) is 4.34. The van der Waals surface area contributed by atoms with Crippen molar-refractivity contribution in [1.29, 1.82) is 0 Å². The summed E-state index contributed by atoms with van der Waals surface area (Å²) in [6.07, 6.45) is 14.5. The second-order valence-corrected chi connectivity index (χ2v) is 5.81. The van der Waals surface area contributed by atoms with Gasteiger partial charge in [0.2, 0.25) is 0 Å². The molecule has 0 unspecified atom stereocenters.